The first-order valence-electron chi connectivity index (χ1n) is 6.81. The number of aliphatic carboxylic acids is 1. The van der Waals surface area contributed by atoms with Crippen LogP contribution in [-0.4, -0.2) is 30.2 Å². The molecule has 0 aliphatic rings. The van der Waals surface area contributed by atoms with Gasteiger partial charge in [-0.15, -0.1) is 0 Å². The maximum Gasteiger partial charge on any atom is 0.345 e. The molecule has 0 aromatic heterocycles. The van der Waals surface area contributed by atoms with Crippen LogP contribution in [0.4, 0.5) is 0 Å². The van der Waals surface area contributed by atoms with Crippen molar-refractivity contribution >= 4 is 16.1 Å². The highest BCUT2D eigenvalue weighted by molar-refractivity contribution is 7.85. The van der Waals surface area contributed by atoms with E-state index in [9.17, 15) is 18.3 Å². The van der Waals surface area contributed by atoms with Crippen molar-refractivity contribution in [3.63, 3.8) is 0 Å². The Balaban J connectivity index is 2.07. The van der Waals surface area contributed by atoms with Crippen molar-refractivity contribution in [2.75, 3.05) is 0 Å². The molecule has 0 heterocycles. The zero-order valence-electron chi connectivity index (χ0n) is 12.1. The van der Waals surface area contributed by atoms with E-state index >= 15 is 0 Å². The lowest BCUT2D eigenvalue weighted by atomic mass is 10.1. The lowest BCUT2D eigenvalue weighted by Crippen LogP contribution is -2.29. The molecule has 2 rings (SSSR count). The molecule has 0 aliphatic heterocycles. The Bertz CT molecular complexity index is 753. The topological polar surface area (TPSA) is 101 Å². The van der Waals surface area contributed by atoms with Crippen LogP contribution in [0, 0.1) is 0 Å². The fourth-order valence-corrected chi connectivity index (χ4v) is 2.66. The highest BCUT2D eigenvalue weighted by atomic mass is 32.2. The van der Waals surface area contributed by atoms with Gasteiger partial charge in [0.15, 0.2) is 6.10 Å². The van der Waals surface area contributed by atoms with E-state index in [1.165, 1.54) is 24.3 Å². The molecule has 1 unspecified atom stereocenters. The predicted molar refractivity (Wildman–Crippen MR) is 83.9 cm³/mol. The number of carboxylic acids is 1. The summed E-state index contributed by atoms with van der Waals surface area (Å²) in [5.41, 5.74) is 1.22. The summed E-state index contributed by atoms with van der Waals surface area (Å²) in [6.07, 6.45) is -0.840. The zero-order valence-corrected chi connectivity index (χ0v) is 12.9. The molecule has 23 heavy (non-hydrogen) atoms. The average molecular weight is 336 g/mol. The summed E-state index contributed by atoms with van der Waals surface area (Å²) in [5, 5.41) is 9.27. The molecule has 0 spiro atoms. The number of rotatable bonds is 7. The summed E-state index contributed by atoms with van der Waals surface area (Å²) in [6.45, 7) is 0. The molecular weight excluding hydrogens is 320 g/mol. The number of carbonyl (C=O) groups is 1. The summed E-state index contributed by atoms with van der Waals surface area (Å²) < 4.78 is 35.8. The maximum absolute atomic E-state index is 11.3. The van der Waals surface area contributed by atoms with Crippen LogP contribution < -0.4 is 4.74 Å². The largest absolute Gasteiger partial charge is 0.478 e. The van der Waals surface area contributed by atoms with Gasteiger partial charge in [0.25, 0.3) is 10.1 Å². The summed E-state index contributed by atoms with van der Waals surface area (Å²) in [6, 6.07) is 15.0. The lowest BCUT2D eigenvalue weighted by molar-refractivity contribution is -0.145. The van der Waals surface area contributed by atoms with Gasteiger partial charge in [-0.25, -0.2) is 4.79 Å². The molecule has 0 amide bonds. The molecular formula is C16H16O6S. The van der Waals surface area contributed by atoms with Crippen LogP contribution in [0.3, 0.4) is 0 Å². The van der Waals surface area contributed by atoms with Crippen LogP contribution in [0.15, 0.2) is 54.6 Å². The third kappa shape index (κ3) is 5.72. The number of hydrogen-bond acceptors (Lipinski definition) is 4. The van der Waals surface area contributed by atoms with Gasteiger partial charge in [-0.3, -0.25) is 4.55 Å². The van der Waals surface area contributed by atoms with Crippen LogP contribution >= 0.6 is 0 Å². The minimum atomic E-state index is -4.10. The van der Waals surface area contributed by atoms with Crippen LogP contribution in [-0.2, 0) is 27.1 Å². The SMILES string of the molecule is O=C(O)C(Cc1ccccc1)Oc1ccc(CS(=O)(=O)O)cc1. The van der Waals surface area contributed by atoms with Crippen LogP contribution in [0.2, 0.25) is 0 Å². The van der Waals surface area contributed by atoms with Crippen molar-refractivity contribution in [3.8, 4) is 5.75 Å². The highest BCUT2D eigenvalue weighted by Crippen LogP contribution is 2.17. The summed E-state index contributed by atoms with van der Waals surface area (Å²) in [5.74, 6) is -1.28. The van der Waals surface area contributed by atoms with Crippen LogP contribution in [0.25, 0.3) is 0 Å². The maximum atomic E-state index is 11.3. The molecule has 2 N–H and O–H groups in total. The minimum Gasteiger partial charge on any atom is -0.478 e. The number of carboxylic acid groups (broad SMARTS) is 1. The molecule has 7 heteroatoms. The van der Waals surface area contributed by atoms with Crippen molar-refractivity contribution < 1.29 is 27.6 Å². The van der Waals surface area contributed by atoms with Crippen molar-refractivity contribution in [3.05, 3.63) is 65.7 Å². The smallest absolute Gasteiger partial charge is 0.345 e. The predicted octanol–water partition coefficient (Wildman–Crippen LogP) is 2.15. The van der Waals surface area contributed by atoms with E-state index in [0.717, 1.165) is 5.56 Å². The standard InChI is InChI=1S/C16H16O6S/c17-16(18)15(10-12-4-2-1-3-5-12)22-14-8-6-13(7-9-14)11-23(19,20)21/h1-9,15H,10-11H2,(H,17,18)(H,19,20,21). The third-order valence-electron chi connectivity index (χ3n) is 3.09. The normalized spacial score (nSPS) is 12.6. The van der Waals surface area contributed by atoms with Crippen molar-refractivity contribution in [1.82, 2.24) is 0 Å². The Morgan fingerprint density at radius 1 is 1.00 bits per heavy atom. The second-order valence-corrected chi connectivity index (χ2v) is 6.46. The lowest BCUT2D eigenvalue weighted by Gasteiger charge is -2.15. The van der Waals surface area contributed by atoms with Gasteiger partial charge in [-0.05, 0) is 23.3 Å². The first-order valence-corrected chi connectivity index (χ1v) is 8.42. The monoisotopic (exact) mass is 336 g/mol. The Kier molecular flexibility index (Phi) is 5.36. The summed E-state index contributed by atoms with van der Waals surface area (Å²) in [7, 11) is -4.10. The average Bonchev–Trinajstić information content (AvgIpc) is 2.48. The molecule has 0 saturated carbocycles. The van der Waals surface area contributed by atoms with Gasteiger partial charge in [-0.2, -0.15) is 8.42 Å². The Hall–Kier alpha value is -2.38. The van der Waals surface area contributed by atoms with E-state index in [-0.39, 0.29) is 6.42 Å². The summed E-state index contributed by atoms with van der Waals surface area (Å²) in [4.78, 5) is 11.3. The van der Waals surface area contributed by atoms with E-state index in [1.54, 1.807) is 0 Å². The Labute approximate surface area is 134 Å². The molecule has 6 nitrogen and oxygen atoms in total. The van der Waals surface area contributed by atoms with Crippen molar-refractivity contribution in [2.45, 2.75) is 18.3 Å². The molecule has 1 atom stereocenters. The van der Waals surface area contributed by atoms with E-state index in [2.05, 4.69) is 0 Å². The molecule has 2 aromatic carbocycles. The van der Waals surface area contributed by atoms with E-state index < -0.39 is 27.9 Å². The third-order valence-corrected chi connectivity index (χ3v) is 3.79. The Morgan fingerprint density at radius 3 is 2.13 bits per heavy atom. The van der Waals surface area contributed by atoms with E-state index in [0.29, 0.717) is 11.3 Å². The highest BCUT2D eigenvalue weighted by Gasteiger charge is 2.20. The minimum absolute atomic E-state index is 0.211. The van der Waals surface area contributed by atoms with Gasteiger partial charge in [0.1, 0.15) is 11.5 Å². The van der Waals surface area contributed by atoms with E-state index in [1.807, 2.05) is 30.3 Å². The fraction of sp³-hybridized carbons (Fsp3) is 0.188. The molecule has 0 fully saturated rings. The van der Waals surface area contributed by atoms with E-state index in [4.69, 9.17) is 9.29 Å². The number of hydrogen-bond donors (Lipinski definition) is 2. The quantitative estimate of drug-likeness (QED) is 0.751. The molecule has 2 aromatic rings. The van der Waals surface area contributed by atoms with Gasteiger partial charge in [0, 0.05) is 6.42 Å². The van der Waals surface area contributed by atoms with Gasteiger partial charge >= 0.3 is 5.97 Å². The van der Waals surface area contributed by atoms with Gasteiger partial charge < -0.3 is 9.84 Å². The first-order chi connectivity index (χ1) is 10.8. The molecule has 0 bridgehead atoms. The van der Waals surface area contributed by atoms with Gasteiger partial charge in [0.05, 0.1) is 0 Å². The molecule has 0 saturated heterocycles. The Morgan fingerprint density at radius 2 is 1.61 bits per heavy atom. The second kappa shape index (κ2) is 7.26. The summed E-state index contributed by atoms with van der Waals surface area (Å²) >= 11 is 0. The molecule has 0 aliphatic carbocycles. The molecule has 0 radical (unpaired) electrons. The first kappa shape index (κ1) is 17.0. The second-order valence-electron chi connectivity index (χ2n) is 5.00. The van der Waals surface area contributed by atoms with Crippen LogP contribution in [0.1, 0.15) is 11.1 Å². The van der Waals surface area contributed by atoms with Crippen molar-refractivity contribution in [2.24, 2.45) is 0 Å². The van der Waals surface area contributed by atoms with Crippen LogP contribution in [0.5, 0.6) is 5.75 Å². The molecule has 122 valence electrons. The zero-order chi connectivity index (χ0) is 16.9. The van der Waals surface area contributed by atoms with Crippen molar-refractivity contribution in [1.29, 1.82) is 0 Å². The van der Waals surface area contributed by atoms with Gasteiger partial charge in [-0.1, -0.05) is 42.5 Å². The van der Waals surface area contributed by atoms with Gasteiger partial charge in [0.2, 0.25) is 0 Å². The number of ether oxygens (including phenoxy) is 1. The number of benzene rings is 2. The fourth-order valence-electron chi connectivity index (χ4n) is 2.05.